The van der Waals surface area contributed by atoms with Gasteiger partial charge in [-0.25, -0.2) is 4.39 Å². The van der Waals surface area contributed by atoms with E-state index in [1.807, 2.05) is 0 Å². The highest BCUT2D eigenvalue weighted by molar-refractivity contribution is 4.83. The number of rotatable bonds is 3. The van der Waals surface area contributed by atoms with E-state index >= 15 is 0 Å². The van der Waals surface area contributed by atoms with Gasteiger partial charge in [0.1, 0.15) is 6.17 Å². The zero-order valence-electron chi connectivity index (χ0n) is 10.3. The Morgan fingerprint density at radius 2 is 1.88 bits per heavy atom. The Morgan fingerprint density at radius 1 is 1.12 bits per heavy atom. The Hall–Kier alpha value is -0.150. The van der Waals surface area contributed by atoms with Crippen molar-refractivity contribution in [3.8, 4) is 0 Å². The highest BCUT2D eigenvalue weighted by atomic mass is 19.1. The van der Waals surface area contributed by atoms with Crippen LogP contribution in [0.25, 0.3) is 0 Å². The standard InChI is InChI=1S/C13H24FNO/c1-10(14)11-4-6-12(7-5-11)15-13-3-2-8-16-9-13/h10-13,15H,2-9H2,1H3/t10-,11?,12?,13?/m1/s1. The van der Waals surface area contributed by atoms with Gasteiger partial charge in [0.25, 0.3) is 0 Å². The zero-order valence-corrected chi connectivity index (χ0v) is 10.3. The number of hydrogen-bond donors (Lipinski definition) is 1. The van der Waals surface area contributed by atoms with Crippen LogP contribution in [0.2, 0.25) is 0 Å². The van der Waals surface area contributed by atoms with Crippen molar-refractivity contribution in [1.82, 2.24) is 5.32 Å². The summed E-state index contributed by atoms with van der Waals surface area (Å²) in [4.78, 5) is 0. The van der Waals surface area contributed by atoms with Gasteiger partial charge in [0.2, 0.25) is 0 Å². The number of ether oxygens (including phenoxy) is 1. The third kappa shape index (κ3) is 3.42. The number of halogens is 1. The average Bonchev–Trinajstić information content (AvgIpc) is 2.31. The second kappa shape index (κ2) is 5.97. The molecule has 1 aliphatic heterocycles. The molecular formula is C13H24FNO. The lowest BCUT2D eigenvalue weighted by Crippen LogP contribution is -2.45. The lowest BCUT2D eigenvalue weighted by Gasteiger charge is -2.34. The van der Waals surface area contributed by atoms with Crippen molar-refractivity contribution in [2.45, 2.75) is 63.7 Å². The van der Waals surface area contributed by atoms with E-state index in [1.165, 1.54) is 12.8 Å². The molecule has 1 aliphatic carbocycles. The van der Waals surface area contributed by atoms with Crippen LogP contribution >= 0.6 is 0 Å². The Kier molecular flexibility index (Phi) is 4.59. The molecule has 16 heavy (non-hydrogen) atoms. The van der Waals surface area contributed by atoms with Crippen LogP contribution in [0.15, 0.2) is 0 Å². The van der Waals surface area contributed by atoms with Gasteiger partial charge in [0.05, 0.1) is 6.61 Å². The van der Waals surface area contributed by atoms with E-state index < -0.39 is 6.17 Å². The van der Waals surface area contributed by atoms with E-state index in [9.17, 15) is 4.39 Å². The molecule has 1 saturated carbocycles. The Bertz CT molecular complexity index is 196. The second-order valence-electron chi connectivity index (χ2n) is 5.37. The van der Waals surface area contributed by atoms with Crippen molar-refractivity contribution >= 4 is 0 Å². The van der Waals surface area contributed by atoms with Gasteiger partial charge in [-0.1, -0.05) is 0 Å². The summed E-state index contributed by atoms with van der Waals surface area (Å²) in [7, 11) is 0. The van der Waals surface area contributed by atoms with E-state index in [-0.39, 0.29) is 0 Å². The van der Waals surface area contributed by atoms with E-state index in [4.69, 9.17) is 4.74 Å². The highest BCUT2D eigenvalue weighted by Gasteiger charge is 2.26. The van der Waals surface area contributed by atoms with Crippen molar-refractivity contribution in [3.05, 3.63) is 0 Å². The summed E-state index contributed by atoms with van der Waals surface area (Å²) in [6, 6.07) is 1.14. The molecular weight excluding hydrogens is 205 g/mol. The Labute approximate surface area is 97.9 Å². The highest BCUT2D eigenvalue weighted by Crippen LogP contribution is 2.28. The molecule has 2 atom stereocenters. The molecule has 1 heterocycles. The topological polar surface area (TPSA) is 21.3 Å². The fourth-order valence-corrected chi connectivity index (χ4v) is 2.95. The summed E-state index contributed by atoms with van der Waals surface area (Å²) in [6.45, 7) is 3.48. The first-order chi connectivity index (χ1) is 7.75. The van der Waals surface area contributed by atoms with E-state index in [0.717, 1.165) is 38.9 Å². The molecule has 0 bridgehead atoms. The van der Waals surface area contributed by atoms with Crippen LogP contribution in [0.3, 0.4) is 0 Å². The molecule has 1 unspecified atom stereocenters. The van der Waals surface area contributed by atoms with E-state index in [0.29, 0.717) is 18.0 Å². The lowest BCUT2D eigenvalue weighted by atomic mass is 9.83. The molecule has 3 heteroatoms. The minimum absolute atomic E-state index is 0.306. The molecule has 2 fully saturated rings. The van der Waals surface area contributed by atoms with Gasteiger partial charge in [-0.2, -0.15) is 0 Å². The van der Waals surface area contributed by atoms with Crippen LogP contribution in [0.5, 0.6) is 0 Å². The molecule has 1 N–H and O–H groups in total. The van der Waals surface area contributed by atoms with Crippen LogP contribution in [-0.4, -0.2) is 31.5 Å². The predicted octanol–water partition coefficient (Wildman–Crippen LogP) is 2.67. The third-order valence-electron chi connectivity index (χ3n) is 4.05. The van der Waals surface area contributed by atoms with E-state index in [2.05, 4.69) is 5.32 Å². The maximum atomic E-state index is 13.1. The number of alkyl halides is 1. The molecule has 0 spiro atoms. The van der Waals surface area contributed by atoms with Crippen molar-refractivity contribution in [2.75, 3.05) is 13.2 Å². The van der Waals surface area contributed by atoms with Gasteiger partial charge in [-0.05, 0) is 51.4 Å². The van der Waals surface area contributed by atoms with Gasteiger partial charge in [-0.15, -0.1) is 0 Å². The molecule has 0 aromatic carbocycles. The SMILES string of the molecule is C[C@@H](F)C1CCC(NC2CCCOC2)CC1. The molecule has 1 saturated heterocycles. The molecule has 2 rings (SSSR count). The maximum Gasteiger partial charge on any atom is 0.100 e. The maximum absolute atomic E-state index is 13.1. The molecule has 0 aromatic heterocycles. The fourth-order valence-electron chi connectivity index (χ4n) is 2.95. The minimum Gasteiger partial charge on any atom is -0.380 e. The third-order valence-corrected chi connectivity index (χ3v) is 4.05. The largest absolute Gasteiger partial charge is 0.380 e. The van der Waals surface area contributed by atoms with Gasteiger partial charge < -0.3 is 10.1 Å². The monoisotopic (exact) mass is 229 g/mol. The molecule has 94 valence electrons. The smallest absolute Gasteiger partial charge is 0.100 e. The first-order valence-electron chi connectivity index (χ1n) is 6.73. The zero-order chi connectivity index (χ0) is 11.4. The first kappa shape index (κ1) is 12.3. The molecule has 0 radical (unpaired) electrons. The van der Waals surface area contributed by atoms with Crippen LogP contribution < -0.4 is 5.32 Å². The number of nitrogens with one attached hydrogen (secondary N) is 1. The summed E-state index contributed by atoms with van der Waals surface area (Å²) < 4.78 is 18.6. The lowest BCUT2D eigenvalue weighted by molar-refractivity contribution is 0.0615. The summed E-state index contributed by atoms with van der Waals surface area (Å²) >= 11 is 0. The summed E-state index contributed by atoms with van der Waals surface area (Å²) in [5.74, 6) is 0.306. The van der Waals surface area contributed by atoms with Gasteiger partial charge in [-0.3, -0.25) is 0 Å². The minimum atomic E-state index is -0.626. The van der Waals surface area contributed by atoms with Crippen LogP contribution in [-0.2, 0) is 4.74 Å². The number of hydrogen-bond acceptors (Lipinski definition) is 2. The molecule has 2 nitrogen and oxygen atoms in total. The quantitative estimate of drug-likeness (QED) is 0.803. The van der Waals surface area contributed by atoms with Gasteiger partial charge in [0, 0.05) is 18.7 Å². The van der Waals surface area contributed by atoms with Gasteiger partial charge in [0.15, 0.2) is 0 Å². The molecule has 2 aliphatic rings. The molecule has 0 aromatic rings. The van der Waals surface area contributed by atoms with Crippen LogP contribution in [0, 0.1) is 5.92 Å². The average molecular weight is 229 g/mol. The van der Waals surface area contributed by atoms with E-state index in [1.54, 1.807) is 6.92 Å². The molecule has 0 amide bonds. The van der Waals surface area contributed by atoms with Crippen LogP contribution in [0.4, 0.5) is 4.39 Å². The Morgan fingerprint density at radius 3 is 2.44 bits per heavy atom. The van der Waals surface area contributed by atoms with Crippen molar-refractivity contribution in [3.63, 3.8) is 0 Å². The summed E-state index contributed by atoms with van der Waals surface area (Å²) in [5, 5.41) is 3.67. The van der Waals surface area contributed by atoms with Crippen molar-refractivity contribution < 1.29 is 9.13 Å². The van der Waals surface area contributed by atoms with Crippen molar-refractivity contribution in [2.24, 2.45) is 5.92 Å². The summed E-state index contributed by atoms with van der Waals surface area (Å²) in [6.07, 6.45) is 6.14. The predicted molar refractivity (Wildman–Crippen MR) is 63.3 cm³/mol. The summed E-state index contributed by atoms with van der Waals surface area (Å²) in [5.41, 5.74) is 0. The normalized spacial score (nSPS) is 38.2. The fraction of sp³-hybridized carbons (Fsp3) is 1.00. The second-order valence-corrected chi connectivity index (χ2v) is 5.37. The Balaban J connectivity index is 1.68. The van der Waals surface area contributed by atoms with Crippen molar-refractivity contribution in [1.29, 1.82) is 0 Å². The van der Waals surface area contributed by atoms with Gasteiger partial charge >= 0.3 is 0 Å². The first-order valence-corrected chi connectivity index (χ1v) is 6.73. The van der Waals surface area contributed by atoms with Crippen LogP contribution in [0.1, 0.15) is 45.4 Å².